The summed E-state index contributed by atoms with van der Waals surface area (Å²) >= 11 is 4.85. The molecule has 0 aromatic carbocycles. The van der Waals surface area contributed by atoms with Crippen molar-refractivity contribution >= 4 is 33.2 Å². The summed E-state index contributed by atoms with van der Waals surface area (Å²) in [5.74, 6) is -0.0179. The van der Waals surface area contributed by atoms with Crippen molar-refractivity contribution in [1.82, 2.24) is 10.3 Å². The van der Waals surface area contributed by atoms with Crippen LogP contribution in [0.15, 0.2) is 5.51 Å². The van der Waals surface area contributed by atoms with Crippen LogP contribution in [-0.2, 0) is 0 Å². The van der Waals surface area contributed by atoms with Gasteiger partial charge in [-0.15, -0.1) is 11.3 Å². The topological polar surface area (TPSA) is 42.0 Å². The van der Waals surface area contributed by atoms with Crippen LogP contribution in [0.25, 0.3) is 0 Å². The van der Waals surface area contributed by atoms with Gasteiger partial charge in [-0.05, 0) is 20.3 Å². The molecule has 1 heterocycles. The summed E-state index contributed by atoms with van der Waals surface area (Å²) in [4.78, 5) is 16.9. The van der Waals surface area contributed by atoms with Crippen LogP contribution in [0.4, 0.5) is 0 Å². The van der Waals surface area contributed by atoms with Crippen LogP contribution in [-0.4, -0.2) is 21.8 Å². The number of thiazole rings is 1. The molecule has 0 saturated heterocycles. The second kappa shape index (κ2) is 5.61. The van der Waals surface area contributed by atoms with E-state index in [-0.39, 0.29) is 11.9 Å². The van der Waals surface area contributed by atoms with E-state index in [0.717, 1.165) is 12.1 Å². The smallest absolute Gasteiger partial charge is 0.263 e. The fraction of sp³-hybridized carbons (Fsp3) is 0.600. The van der Waals surface area contributed by atoms with Gasteiger partial charge in [0.15, 0.2) is 0 Å². The van der Waals surface area contributed by atoms with Crippen molar-refractivity contribution in [2.75, 3.05) is 0 Å². The van der Waals surface area contributed by atoms with Gasteiger partial charge in [-0.3, -0.25) is 4.79 Å². The average molecular weight is 291 g/mol. The predicted molar refractivity (Wildman–Crippen MR) is 66.8 cm³/mol. The normalized spacial score (nSPS) is 14.7. The molecule has 84 valence electrons. The lowest BCUT2D eigenvalue weighted by Crippen LogP contribution is -2.33. The van der Waals surface area contributed by atoms with Gasteiger partial charge < -0.3 is 5.32 Å². The quantitative estimate of drug-likeness (QED) is 0.867. The summed E-state index contributed by atoms with van der Waals surface area (Å²) in [7, 11) is 0. The average Bonchev–Trinajstić information content (AvgIpc) is 2.49. The lowest BCUT2D eigenvalue weighted by molar-refractivity contribution is 0.0942. The second-order valence-electron chi connectivity index (χ2n) is 3.66. The minimum Gasteiger partial charge on any atom is -0.349 e. The highest BCUT2D eigenvalue weighted by Gasteiger charge is 2.14. The number of aromatic nitrogens is 1. The van der Waals surface area contributed by atoms with E-state index in [1.807, 2.05) is 13.8 Å². The van der Waals surface area contributed by atoms with Crippen molar-refractivity contribution in [2.24, 2.45) is 0 Å². The maximum atomic E-state index is 11.8. The summed E-state index contributed by atoms with van der Waals surface area (Å²) in [6.07, 6.45) is 0.920. The lowest BCUT2D eigenvalue weighted by Gasteiger charge is -2.14. The van der Waals surface area contributed by atoms with Crippen LogP contribution in [0.3, 0.4) is 0 Å². The molecular formula is C10H15BrN2OS. The first-order valence-corrected chi connectivity index (χ1v) is 6.65. The Morgan fingerprint density at radius 1 is 1.67 bits per heavy atom. The minimum atomic E-state index is -0.0179. The molecular weight excluding hydrogens is 276 g/mol. The van der Waals surface area contributed by atoms with Crippen LogP contribution < -0.4 is 5.32 Å². The van der Waals surface area contributed by atoms with Gasteiger partial charge in [0.05, 0.1) is 11.2 Å². The van der Waals surface area contributed by atoms with Crippen molar-refractivity contribution < 1.29 is 4.79 Å². The summed E-state index contributed by atoms with van der Waals surface area (Å²) in [5, 5.41) is 2.96. The Morgan fingerprint density at radius 3 is 2.80 bits per heavy atom. The fourth-order valence-corrected chi connectivity index (χ4v) is 2.62. The summed E-state index contributed by atoms with van der Waals surface area (Å²) in [6, 6.07) is 0.174. The molecule has 1 amide bonds. The predicted octanol–water partition coefficient (Wildman–Crippen LogP) is 2.74. The highest BCUT2D eigenvalue weighted by Crippen LogP contribution is 2.13. The first kappa shape index (κ1) is 12.6. The molecule has 5 heteroatoms. The van der Waals surface area contributed by atoms with E-state index in [9.17, 15) is 4.79 Å². The molecule has 1 rings (SSSR count). The standard InChI is InChI=1S/C10H15BrN2OS/c1-6(11)4-7(2)13-10(14)9-8(3)12-5-15-9/h5-7H,4H2,1-3H3,(H,13,14). The van der Waals surface area contributed by atoms with Gasteiger partial charge in [-0.25, -0.2) is 4.98 Å². The molecule has 2 unspecified atom stereocenters. The first-order valence-electron chi connectivity index (χ1n) is 4.85. The van der Waals surface area contributed by atoms with Gasteiger partial charge in [-0.2, -0.15) is 0 Å². The second-order valence-corrected chi connectivity index (χ2v) is 6.08. The third-order valence-corrected chi connectivity index (χ3v) is 3.31. The van der Waals surface area contributed by atoms with E-state index < -0.39 is 0 Å². The Hall–Kier alpha value is -0.420. The SMILES string of the molecule is Cc1ncsc1C(=O)NC(C)CC(C)Br. The maximum absolute atomic E-state index is 11.8. The Kier molecular flexibility index (Phi) is 4.73. The van der Waals surface area contributed by atoms with Crippen LogP contribution in [0.2, 0.25) is 0 Å². The summed E-state index contributed by atoms with van der Waals surface area (Å²) in [6.45, 7) is 5.93. The van der Waals surface area contributed by atoms with Gasteiger partial charge in [0.1, 0.15) is 4.88 Å². The van der Waals surface area contributed by atoms with E-state index in [2.05, 4.69) is 33.2 Å². The van der Waals surface area contributed by atoms with E-state index in [0.29, 0.717) is 9.70 Å². The number of carbonyl (C=O) groups excluding carboxylic acids is 1. The molecule has 1 aromatic heterocycles. The molecule has 0 aliphatic heterocycles. The monoisotopic (exact) mass is 290 g/mol. The number of carbonyl (C=O) groups is 1. The van der Waals surface area contributed by atoms with E-state index in [1.54, 1.807) is 5.51 Å². The summed E-state index contributed by atoms with van der Waals surface area (Å²) < 4.78 is 0. The molecule has 0 radical (unpaired) electrons. The zero-order valence-corrected chi connectivity index (χ0v) is 11.5. The molecule has 0 aliphatic carbocycles. The number of hydrogen-bond donors (Lipinski definition) is 1. The van der Waals surface area contributed by atoms with E-state index in [4.69, 9.17) is 0 Å². The number of nitrogens with zero attached hydrogens (tertiary/aromatic N) is 1. The van der Waals surface area contributed by atoms with Crippen molar-refractivity contribution in [3.8, 4) is 0 Å². The van der Waals surface area contributed by atoms with Crippen molar-refractivity contribution in [2.45, 2.75) is 38.1 Å². The molecule has 2 atom stereocenters. The first-order chi connectivity index (χ1) is 7.00. The number of amides is 1. The highest BCUT2D eigenvalue weighted by molar-refractivity contribution is 9.09. The van der Waals surface area contributed by atoms with Crippen LogP contribution >= 0.6 is 27.3 Å². The molecule has 3 nitrogen and oxygen atoms in total. The van der Waals surface area contributed by atoms with Gasteiger partial charge >= 0.3 is 0 Å². The molecule has 15 heavy (non-hydrogen) atoms. The summed E-state index contributed by atoms with van der Waals surface area (Å²) in [5.41, 5.74) is 2.50. The number of aryl methyl sites for hydroxylation is 1. The molecule has 0 fully saturated rings. The zero-order valence-electron chi connectivity index (χ0n) is 9.08. The van der Waals surface area contributed by atoms with Crippen molar-refractivity contribution in [3.05, 3.63) is 16.1 Å². The molecule has 0 bridgehead atoms. The largest absolute Gasteiger partial charge is 0.349 e. The minimum absolute atomic E-state index is 0.0179. The van der Waals surface area contributed by atoms with Gasteiger partial charge in [-0.1, -0.05) is 22.9 Å². The van der Waals surface area contributed by atoms with Gasteiger partial charge in [0.2, 0.25) is 0 Å². The maximum Gasteiger partial charge on any atom is 0.263 e. The molecule has 0 aliphatic rings. The Labute approximate surface area is 102 Å². The molecule has 1 aromatic rings. The van der Waals surface area contributed by atoms with Crippen LogP contribution in [0.5, 0.6) is 0 Å². The molecule has 0 saturated carbocycles. The number of alkyl halides is 1. The van der Waals surface area contributed by atoms with E-state index in [1.165, 1.54) is 11.3 Å². The Morgan fingerprint density at radius 2 is 2.33 bits per heavy atom. The number of nitrogens with one attached hydrogen (secondary N) is 1. The van der Waals surface area contributed by atoms with Crippen LogP contribution in [0.1, 0.15) is 35.6 Å². The number of rotatable bonds is 4. The number of hydrogen-bond acceptors (Lipinski definition) is 3. The van der Waals surface area contributed by atoms with Crippen LogP contribution in [0, 0.1) is 6.92 Å². The zero-order chi connectivity index (χ0) is 11.4. The fourth-order valence-electron chi connectivity index (χ4n) is 1.36. The molecule has 0 spiro atoms. The number of halogens is 1. The van der Waals surface area contributed by atoms with Crippen molar-refractivity contribution in [3.63, 3.8) is 0 Å². The van der Waals surface area contributed by atoms with Gasteiger partial charge in [0.25, 0.3) is 5.91 Å². The third kappa shape index (κ3) is 3.91. The third-order valence-electron chi connectivity index (χ3n) is 2.01. The lowest BCUT2D eigenvalue weighted by atomic mass is 10.2. The highest BCUT2D eigenvalue weighted by atomic mass is 79.9. The Bertz CT molecular complexity index is 338. The van der Waals surface area contributed by atoms with E-state index >= 15 is 0 Å². The van der Waals surface area contributed by atoms with Gasteiger partial charge in [0, 0.05) is 10.9 Å². The Balaban J connectivity index is 2.53. The van der Waals surface area contributed by atoms with Crippen molar-refractivity contribution in [1.29, 1.82) is 0 Å². The molecule has 1 N–H and O–H groups in total.